The maximum atomic E-state index is 10.9. The molecule has 0 aliphatic rings. The van der Waals surface area contributed by atoms with Crippen LogP contribution in [-0.2, 0) is 13.2 Å². The summed E-state index contributed by atoms with van der Waals surface area (Å²) in [4.78, 5) is 0. The van der Waals surface area contributed by atoms with Crippen LogP contribution in [0.25, 0.3) is 0 Å². The second kappa shape index (κ2) is 4.07. The van der Waals surface area contributed by atoms with Crippen molar-refractivity contribution in [3.8, 4) is 5.75 Å². The summed E-state index contributed by atoms with van der Waals surface area (Å²) >= 11 is 0. The van der Waals surface area contributed by atoms with Crippen LogP contribution in [-0.4, -0.2) is 5.11 Å². The largest absolute Gasteiger partial charge is 0.868 e. The Morgan fingerprint density at radius 3 is 2.83 bits per heavy atom. The molecule has 3 nitrogen and oxygen atoms in total. The van der Waals surface area contributed by atoms with Crippen LogP contribution in [0.1, 0.15) is 19.0 Å². The van der Waals surface area contributed by atoms with Crippen LogP contribution in [0.2, 0.25) is 0 Å². The fourth-order valence-electron chi connectivity index (χ4n) is 1.15. The monoisotopic (exact) mass is 167 g/mol. The first-order valence-electron chi connectivity index (χ1n) is 4.08. The second-order valence-corrected chi connectivity index (χ2v) is 2.71. The number of hydrogen-bond donors (Lipinski definition) is 1. The van der Waals surface area contributed by atoms with Crippen molar-refractivity contribution in [2.45, 2.75) is 26.5 Å². The third-order valence-electron chi connectivity index (χ3n) is 1.72. The molecule has 0 radical (unpaired) electrons. The minimum absolute atomic E-state index is 0.0133. The van der Waals surface area contributed by atoms with Crippen molar-refractivity contribution in [3.05, 3.63) is 24.0 Å². The van der Waals surface area contributed by atoms with E-state index in [0.29, 0.717) is 0 Å². The van der Waals surface area contributed by atoms with E-state index in [2.05, 4.69) is 0 Å². The average Bonchev–Trinajstić information content (AvgIpc) is 2.05. The Bertz CT molecular complexity index is 261. The molecular weight excluding hydrogens is 154 g/mol. The molecule has 0 amide bonds. The van der Waals surface area contributed by atoms with E-state index >= 15 is 0 Å². The van der Waals surface area contributed by atoms with Gasteiger partial charge in [-0.1, -0.05) is 13.0 Å². The molecule has 0 saturated carbocycles. The lowest BCUT2D eigenvalue weighted by Crippen LogP contribution is -2.38. The van der Waals surface area contributed by atoms with Gasteiger partial charge < -0.3 is 10.2 Å². The Morgan fingerprint density at radius 1 is 1.50 bits per heavy atom. The SMILES string of the molecule is CCC[n+]1cc([O-])ccc1CO. The fraction of sp³-hybridized carbons (Fsp3) is 0.444. The van der Waals surface area contributed by atoms with Crippen molar-refractivity contribution >= 4 is 0 Å². The summed E-state index contributed by atoms with van der Waals surface area (Å²) in [7, 11) is 0. The normalized spacial score (nSPS) is 10.2. The van der Waals surface area contributed by atoms with E-state index in [1.165, 1.54) is 12.3 Å². The Balaban J connectivity index is 2.95. The number of aromatic nitrogens is 1. The highest BCUT2D eigenvalue weighted by Crippen LogP contribution is 2.01. The zero-order chi connectivity index (χ0) is 8.97. The topological polar surface area (TPSA) is 47.2 Å². The van der Waals surface area contributed by atoms with Gasteiger partial charge in [0.25, 0.3) is 0 Å². The predicted molar refractivity (Wildman–Crippen MR) is 42.3 cm³/mol. The first-order chi connectivity index (χ1) is 5.77. The minimum Gasteiger partial charge on any atom is -0.868 e. The maximum absolute atomic E-state index is 10.9. The number of aryl methyl sites for hydroxylation is 1. The third-order valence-corrected chi connectivity index (χ3v) is 1.72. The molecule has 0 saturated heterocycles. The molecule has 1 aromatic heterocycles. The molecule has 3 heteroatoms. The van der Waals surface area contributed by atoms with Gasteiger partial charge in [0.1, 0.15) is 13.2 Å². The number of hydrogen-bond acceptors (Lipinski definition) is 2. The highest BCUT2D eigenvalue weighted by atomic mass is 16.3. The summed E-state index contributed by atoms with van der Waals surface area (Å²) in [6.07, 6.45) is 2.48. The van der Waals surface area contributed by atoms with Crippen molar-refractivity contribution in [1.82, 2.24) is 0 Å². The van der Waals surface area contributed by atoms with Crippen LogP contribution < -0.4 is 9.67 Å². The zero-order valence-electron chi connectivity index (χ0n) is 7.16. The van der Waals surface area contributed by atoms with Crippen LogP contribution in [0.3, 0.4) is 0 Å². The first kappa shape index (κ1) is 9.00. The minimum atomic E-state index is -0.0136. The van der Waals surface area contributed by atoms with Gasteiger partial charge in [-0.3, -0.25) is 0 Å². The number of nitrogens with zero attached hydrogens (tertiary/aromatic N) is 1. The van der Waals surface area contributed by atoms with Crippen LogP contribution in [0.5, 0.6) is 5.75 Å². The standard InChI is InChI=1S/C9H13NO2/c1-2-5-10-6-9(12)4-3-8(10)7-11/h3-4,6,11H,2,5,7H2,1H3. The molecule has 1 rings (SSSR count). The van der Waals surface area contributed by atoms with Gasteiger partial charge in [-0.05, 0) is 5.75 Å². The number of pyridine rings is 1. The molecular formula is C9H13NO2. The number of aliphatic hydroxyl groups is 1. The molecule has 66 valence electrons. The van der Waals surface area contributed by atoms with Crippen molar-refractivity contribution in [3.63, 3.8) is 0 Å². The Kier molecular flexibility index (Phi) is 3.05. The zero-order valence-corrected chi connectivity index (χ0v) is 7.16. The van der Waals surface area contributed by atoms with E-state index in [1.807, 2.05) is 6.92 Å². The lowest BCUT2D eigenvalue weighted by molar-refractivity contribution is -0.708. The molecule has 0 atom stereocenters. The molecule has 1 heterocycles. The Morgan fingerprint density at radius 2 is 2.25 bits per heavy atom. The molecule has 0 bridgehead atoms. The van der Waals surface area contributed by atoms with E-state index in [0.717, 1.165) is 18.7 Å². The molecule has 0 aliphatic carbocycles. The summed E-state index contributed by atoms with van der Waals surface area (Å²) < 4.78 is 1.79. The Hall–Kier alpha value is -1.09. The quantitative estimate of drug-likeness (QED) is 0.641. The summed E-state index contributed by atoms with van der Waals surface area (Å²) in [6.45, 7) is 2.80. The fourth-order valence-corrected chi connectivity index (χ4v) is 1.15. The van der Waals surface area contributed by atoms with Crippen LogP contribution in [0, 0.1) is 0 Å². The van der Waals surface area contributed by atoms with E-state index in [-0.39, 0.29) is 12.4 Å². The summed E-state index contributed by atoms with van der Waals surface area (Å²) in [5.74, 6) is -0.0133. The van der Waals surface area contributed by atoms with Crippen molar-refractivity contribution in [2.75, 3.05) is 0 Å². The molecule has 1 aromatic rings. The lowest BCUT2D eigenvalue weighted by atomic mass is 10.3. The third kappa shape index (κ3) is 1.95. The van der Waals surface area contributed by atoms with Gasteiger partial charge in [0.05, 0.1) is 0 Å². The van der Waals surface area contributed by atoms with Gasteiger partial charge in [0, 0.05) is 12.5 Å². The van der Waals surface area contributed by atoms with Gasteiger partial charge in [-0.25, -0.2) is 4.57 Å². The summed E-state index contributed by atoms with van der Waals surface area (Å²) in [5, 5.41) is 19.8. The molecule has 0 aliphatic heterocycles. The van der Waals surface area contributed by atoms with Gasteiger partial charge in [0.15, 0.2) is 6.20 Å². The number of aliphatic hydroxyl groups excluding tert-OH is 1. The molecule has 0 fully saturated rings. The van der Waals surface area contributed by atoms with Crippen LogP contribution in [0.15, 0.2) is 18.3 Å². The highest BCUT2D eigenvalue weighted by molar-refractivity contribution is 5.11. The highest BCUT2D eigenvalue weighted by Gasteiger charge is 2.05. The van der Waals surface area contributed by atoms with E-state index in [4.69, 9.17) is 5.11 Å². The van der Waals surface area contributed by atoms with Gasteiger partial charge in [0.2, 0.25) is 5.69 Å². The van der Waals surface area contributed by atoms with E-state index < -0.39 is 0 Å². The second-order valence-electron chi connectivity index (χ2n) is 2.71. The van der Waals surface area contributed by atoms with E-state index in [9.17, 15) is 5.11 Å². The lowest BCUT2D eigenvalue weighted by Gasteiger charge is -2.05. The van der Waals surface area contributed by atoms with Gasteiger partial charge >= 0.3 is 0 Å². The average molecular weight is 167 g/mol. The summed E-state index contributed by atoms with van der Waals surface area (Å²) in [6, 6.07) is 3.13. The smallest absolute Gasteiger partial charge is 0.206 e. The van der Waals surface area contributed by atoms with Crippen molar-refractivity contribution in [2.24, 2.45) is 0 Å². The molecule has 0 aromatic carbocycles. The first-order valence-corrected chi connectivity index (χ1v) is 4.08. The van der Waals surface area contributed by atoms with Crippen LogP contribution in [0.4, 0.5) is 0 Å². The number of rotatable bonds is 3. The van der Waals surface area contributed by atoms with Gasteiger partial charge in [-0.2, -0.15) is 0 Å². The van der Waals surface area contributed by atoms with Crippen molar-refractivity contribution in [1.29, 1.82) is 0 Å². The summed E-state index contributed by atoms with van der Waals surface area (Å²) in [5.41, 5.74) is 0.788. The molecule has 12 heavy (non-hydrogen) atoms. The van der Waals surface area contributed by atoms with Crippen molar-refractivity contribution < 1.29 is 14.8 Å². The molecule has 0 spiro atoms. The molecule has 0 unspecified atom stereocenters. The Labute approximate surface area is 71.9 Å². The van der Waals surface area contributed by atoms with Gasteiger partial charge in [-0.15, -0.1) is 0 Å². The predicted octanol–water partition coefficient (Wildman–Crippen LogP) is -0.0500. The van der Waals surface area contributed by atoms with Crippen LogP contribution >= 0.6 is 0 Å². The maximum Gasteiger partial charge on any atom is 0.206 e. The van der Waals surface area contributed by atoms with E-state index in [1.54, 1.807) is 10.6 Å². The molecule has 1 N–H and O–H groups in total.